The van der Waals surface area contributed by atoms with Crippen LogP contribution in [-0.4, -0.2) is 44.2 Å². The third kappa shape index (κ3) is 5.30. The highest BCUT2D eigenvalue weighted by Gasteiger charge is 2.46. The summed E-state index contributed by atoms with van der Waals surface area (Å²) in [7, 11) is 0.900. The summed E-state index contributed by atoms with van der Waals surface area (Å²) in [6.07, 6.45) is -7.12. The highest BCUT2D eigenvalue weighted by Crippen LogP contribution is 2.46. The van der Waals surface area contributed by atoms with E-state index >= 15 is 0 Å². The number of ether oxygens (including phenoxy) is 2. The monoisotopic (exact) mass is 500 g/mol. The number of nitrogens with one attached hydrogen (secondary N) is 1. The summed E-state index contributed by atoms with van der Waals surface area (Å²) in [5.41, 5.74) is 0.0500. The molecule has 2 aliphatic heterocycles. The van der Waals surface area contributed by atoms with Crippen LogP contribution in [0.3, 0.4) is 0 Å². The van der Waals surface area contributed by atoms with Crippen molar-refractivity contribution < 1.29 is 40.6 Å². The lowest BCUT2D eigenvalue weighted by Crippen LogP contribution is -2.47. The average molecular weight is 500 g/mol. The lowest BCUT2D eigenvalue weighted by molar-refractivity contribution is -0.274. The summed E-state index contributed by atoms with van der Waals surface area (Å²) in [6, 6.07) is 12.1. The third-order valence-electron chi connectivity index (χ3n) is 6.10. The van der Waals surface area contributed by atoms with E-state index in [-0.39, 0.29) is 23.9 Å². The molecule has 0 bridgehead atoms. The van der Waals surface area contributed by atoms with Gasteiger partial charge in [-0.15, -0.1) is 13.2 Å². The summed E-state index contributed by atoms with van der Waals surface area (Å²) >= 11 is 0. The number of anilines is 1. The van der Waals surface area contributed by atoms with Gasteiger partial charge in [-0.3, -0.25) is 4.79 Å². The SMILES string of the molecule is CN(C(=O)C(F)(F)F)c1ccc(OC(F)(F)F)c(C2=CC3(CCCNC3c3ccccc3)OC2)c1. The predicted molar refractivity (Wildman–Crippen MR) is 116 cm³/mol. The summed E-state index contributed by atoms with van der Waals surface area (Å²) in [5.74, 6) is -2.75. The van der Waals surface area contributed by atoms with Crippen molar-refractivity contribution in [2.24, 2.45) is 0 Å². The van der Waals surface area contributed by atoms with E-state index in [0.29, 0.717) is 16.9 Å². The number of amides is 1. The van der Waals surface area contributed by atoms with Crippen LogP contribution in [0.1, 0.15) is 30.0 Å². The molecule has 1 N–H and O–H groups in total. The van der Waals surface area contributed by atoms with Crippen molar-refractivity contribution in [3.8, 4) is 5.75 Å². The molecule has 35 heavy (non-hydrogen) atoms. The van der Waals surface area contributed by atoms with Crippen LogP contribution in [0.4, 0.5) is 32.0 Å². The maximum Gasteiger partial charge on any atom is 0.573 e. The molecule has 1 spiro atoms. The highest BCUT2D eigenvalue weighted by atomic mass is 19.4. The van der Waals surface area contributed by atoms with E-state index in [4.69, 9.17) is 4.74 Å². The lowest BCUT2D eigenvalue weighted by Gasteiger charge is -2.40. The fourth-order valence-electron chi connectivity index (χ4n) is 4.53. The summed E-state index contributed by atoms with van der Waals surface area (Å²) in [4.78, 5) is 12.0. The van der Waals surface area contributed by atoms with Gasteiger partial charge < -0.3 is 19.7 Å². The molecule has 1 saturated heterocycles. The van der Waals surface area contributed by atoms with Gasteiger partial charge in [0, 0.05) is 18.3 Å². The zero-order valence-corrected chi connectivity index (χ0v) is 18.5. The van der Waals surface area contributed by atoms with Crippen molar-refractivity contribution in [2.45, 2.75) is 37.0 Å². The molecule has 1 amide bonds. The summed E-state index contributed by atoms with van der Waals surface area (Å²) in [5, 5.41) is 3.40. The second-order valence-electron chi connectivity index (χ2n) is 8.40. The van der Waals surface area contributed by atoms with E-state index in [0.717, 1.165) is 43.8 Å². The van der Waals surface area contributed by atoms with Gasteiger partial charge >= 0.3 is 18.4 Å². The first-order valence-electron chi connectivity index (χ1n) is 10.8. The van der Waals surface area contributed by atoms with Crippen LogP contribution in [0, 0.1) is 0 Å². The molecule has 2 aromatic carbocycles. The molecule has 0 radical (unpaired) electrons. The molecule has 188 valence electrons. The molecule has 0 saturated carbocycles. The first-order chi connectivity index (χ1) is 16.4. The fourth-order valence-corrected chi connectivity index (χ4v) is 4.53. The molecule has 2 atom stereocenters. The van der Waals surface area contributed by atoms with E-state index in [1.807, 2.05) is 30.3 Å². The average Bonchev–Trinajstić information content (AvgIpc) is 3.21. The summed E-state index contributed by atoms with van der Waals surface area (Å²) in [6.45, 7) is 0.635. The molecular weight excluding hydrogens is 478 g/mol. The van der Waals surface area contributed by atoms with E-state index in [1.165, 1.54) is 0 Å². The smallest absolute Gasteiger partial charge is 0.405 e. The Morgan fingerprint density at radius 3 is 2.49 bits per heavy atom. The van der Waals surface area contributed by atoms with Gasteiger partial charge in [0.15, 0.2) is 0 Å². The molecule has 4 rings (SSSR count). The molecular formula is C24H22F6N2O3. The van der Waals surface area contributed by atoms with Crippen molar-refractivity contribution in [1.82, 2.24) is 5.32 Å². The zero-order chi connectivity index (χ0) is 25.4. The normalized spacial score (nSPS) is 22.7. The Morgan fingerprint density at radius 1 is 1.11 bits per heavy atom. The Balaban J connectivity index is 1.76. The number of carbonyl (C=O) groups excluding carboxylic acids is 1. The van der Waals surface area contributed by atoms with Crippen LogP contribution in [0.25, 0.3) is 5.57 Å². The van der Waals surface area contributed by atoms with Gasteiger partial charge in [0.2, 0.25) is 0 Å². The van der Waals surface area contributed by atoms with Gasteiger partial charge in [-0.1, -0.05) is 30.3 Å². The number of halogens is 6. The molecule has 0 aliphatic carbocycles. The Bertz CT molecular complexity index is 1120. The molecule has 5 nitrogen and oxygen atoms in total. The standard InChI is InChI=1S/C24H22F6N2O3/c1-32(21(33)23(25,26)27)17-8-9-19(35-24(28,29)30)18(12-17)16-13-22(34-14-16)10-5-11-31-20(22)15-6-3-2-4-7-15/h2-4,6-9,12-13,20,31H,5,10-11,14H2,1H3. The number of hydrogen-bond acceptors (Lipinski definition) is 4. The Morgan fingerprint density at radius 2 is 1.83 bits per heavy atom. The van der Waals surface area contributed by atoms with Gasteiger partial charge in [-0.05, 0) is 54.8 Å². The first kappa shape index (κ1) is 25.1. The van der Waals surface area contributed by atoms with E-state index in [1.54, 1.807) is 6.08 Å². The zero-order valence-electron chi connectivity index (χ0n) is 18.5. The number of carbonyl (C=O) groups is 1. The number of piperidine rings is 1. The van der Waals surface area contributed by atoms with E-state index < -0.39 is 29.8 Å². The van der Waals surface area contributed by atoms with Crippen LogP contribution >= 0.6 is 0 Å². The van der Waals surface area contributed by atoms with Crippen LogP contribution < -0.4 is 15.0 Å². The second-order valence-corrected chi connectivity index (χ2v) is 8.40. The highest BCUT2D eigenvalue weighted by molar-refractivity contribution is 5.97. The molecule has 2 heterocycles. The van der Waals surface area contributed by atoms with Crippen molar-refractivity contribution in [2.75, 3.05) is 25.1 Å². The molecule has 0 aromatic heterocycles. The van der Waals surface area contributed by atoms with Crippen molar-refractivity contribution in [1.29, 1.82) is 0 Å². The van der Waals surface area contributed by atoms with E-state index in [9.17, 15) is 31.1 Å². The largest absolute Gasteiger partial charge is 0.573 e. The Hall–Kier alpha value is -3.05. The second kappa shape index (κ2) is 9.19. The predicted octanol–water partition coefficient (Wildman–Crippen LogP) is 5.39. The van der Waals surface area contributed by atoms with Crippen molar-refractivity contribution >= 4 is 17.2 Å². The fraction of sp³-hybridized carbons (Fsp3) is 0.375. The number of hydrogen-bond donors (Lipinski definition) is 1. The summed E-state index contributed by atoms with van der Waals surface area (Å²) < 4.78 is 88.4. The third-order valence-corrected chi connectivity index (χ3v) is 6.10. The van der Waals surface area contributed by atoms with Crippen LogP contribution in [0.15, 0.2) is 54.6 Å². The maximum absolute atomic E-state index is 13.1. The van der Waals surface area contributed by atoms with Gasteiger partial charge in [-0.2, -0.15) is 13.2 Å². The van der Waals surface area contributed by atoms with Gasteiger partial charge in [0.1, 0.15) is 11.4 Å². The minimum atomic E-state index is -5.15. The van der Waals surface area contributed by atoms with Gasteiger partial charge in [0.05, 0.1) is 12.6 Å². The number of rotatable bonds is 4. The molecule has 11 heteroatoms. The topological polar surface area (TPSA) is 50.8 Å². The molecule has 1 fully saturated rings. The number of nitrogens with zero attached hydrogens (tertiary/aromatic N) is 1. The Kier molecular flexibility index (Phi) is 6.58. The molecule has 2 aromatic rings. The number of alkyl halides is 6. The van der Waals surface area contributed by atoms with Crippen LogP contribution in [-0.2, 0) is 9.53 Å². The van der Waals surface area contributed by atoms with Crippen molar-refractivity contribution in [3.63, 3.8) is 0 Å². The Labute approximate surface area is 197 Å². The van der Waals surface area contributed by atoms with Crippen molar-refractivity contribution in [3.05, 3.63) is 65.7 Å². The first-order valence-corrected chi connectivity index (χ1v) is 10.8. The van der Waals surface area contributed by atoms with Gasteiger partial charge in [0.25, 0.3) is 0 Å². The lowest BCUT2D eigenvalue weighted by atomic mass is 9.81. The van der Waals surface area contributed by atoms with Crippen LogP contribution in [0.5, 0.6) is 5.75 Å². The molecule has 2 unspecified atom stereocenters. The number of benzene rings is 2. The molecule has 2 aliphatic rings. The minimum absolute atomic E-state index is 0.0837. The van der Waals surface area contributed by atoms with Gasteiger partial charge in [-0.25, -0.2) is 0 Å². The minimum Gasteiger partial charge on any atom is -0.405 e. The maximum atomic E-state index is 13.1. The quantitative estimate of drug-likeness (QED) is 0.573. The van der Waals surface area contributed by atoms with E-state index in [2.05, 4.69) is 10.1 Å². The van der Waals surface area contributed by atoms with Crippen LogP contribution in [0.2, 0.25) is 0 Å².